The molecule has 0 bridgehead atoms. The summed E-state index contributed by atoms with van der Waals surface area (Å²) in [6.07, 6.45) is 1.91. The van der Waals surface area contributed by atoms with Crippen LogP contribution in [0.15, 0.2) is 0 Å². The van der Waals surface area contributed by atoms with Gasteiger partial charge < -0.3 is 5.32 Å². The highest BCUT2D eigenvalue weighted by Crippen LogP contribution is 2.11. The Bertz CT molecular complexity index is 228. The van der Waals surface area contributed by atoms with Crippen molar-refractivity contribution in [3.05, 3.63) is 0 Å². The second-order valence-corrected chi connectivity index (χ2v) is 4.40. The number of rotatable bonds is 5. The molecule has 0 saturated heterocycles. The lowest BCUT2D eigenvalue weighted by Gasteiger charge is -2.18. The molecule has 0 rings (SSSR count). The van der Waals surface area contributed by atoms with E-state index in [1.54, 1.807) is 0 Å². The van der Waals surface area contributed by atoms with Crippen LogP contribution in [0.2, 0.25) is 0 Å². The van der Waals surface area contributed by atoms with Gasteiger partial charge in [0.2, 0.25) is 5.91 Å². The molecule has 0 aromatic rings. The minimum absolute atomic E-state index is 0.0505. The second-order valence-electron chi connectivity index (χ2n) is 4.40. The first kappa shape index (κ1) is 13.0. The van der Waals surface area contributed by atoms with Crippen LogP contribution >= 0.6 is 0 Å². The number of hydrogen-bond acceptors (Lipinski definition) is 2. The highest BCUT2D eigenvalue weighted by atomic mass is 16.1. The van der Waals surface area contributed by atoms with E-state index in [1.165, 1.54) is 0 Å². The first-order valence-corrected chi connectivity index (χ1v) is 5.12. The average molecular weight is 196 g/mol. The molecule has 1 N–H and O–H groups in total. The van der Waals surface area contributed by atoms with Crippen molar-refractivity contribution < 1.29 is 4.79 Å². The Balaban J connectivity index is 3.92. The van der Waals surface area contributed by atoms with Crippen LogP contribution in [0.4, 0.5) is 0 Å². The molecule has 0 spiro atoms. The molecule has 0 saturated carbocycles. The molecule has 0 heterocycles. The third kappa shape index (κ3) is 4.86. The van der Waals surface area contributed by atoms with Gasteiger partial charge in [-0.1, -0.05) is 20.3 Å². The first-order valence-electron chi connectivity index (χ1n) is 5.12. The van der Waals surface area contributed by atoms with Gasteiger partial charge in [0, 0.05) is 12.5 Å². The highest BCUT2D eigenvalue weighted by molar-refractivity contribution is 5.78. The lowest BCUT2D eigenvalue weighted by Crippen LogP contribution is -2.36. The summed E-state index contributed by atoms with van der Waals surface area (Å²) in [5.41, 5.74) is -0.471. The van der Waals surface area contributed by atoms with Crippen molar-refractivity contribution in [2.75, 3.05) is 6.54 Å². The number of carbonyl (C=O) groups excluding carboxylic acids is 1. The van der Waals surface area contributed by atoms with Crippen molar-refractivity contribution in [2.24, 2.45) is 11.3 Å². The molecule has 0 fully saturated rings. The largest absolute Gasteiger partial charge is 0.354 e. The molecular formula is C11H20N2O. The summed E-state index contributed by atoms with van der Waals surface area (Å²) in [5.74, 6) is 0.102. The fourth-order valence-electron chi connectivity index (χ4n) is 1.09. The lowest BCUT2D eigenvalue weighted by atomic mass is 9.95. The fourth-order valence-corrected chi connectivity index (χ4v) is 1.09. The molecule has 0 aliphatic rings. The van der Waals surface area contributed by atoms with E-state index in [9.17, 15) is 4.79 Å². The molecule has 1 atom stereocenters. The van der Waals surface area contributed by atoms with Gasteiger partial charge in [0.05, 0.1) is 11.5 Å². The molecule has 1 amide bonds. The van der Waals surface area contributed by atoms with E-state index < -0.39 is 5.41 Å². The molecule has 0 aliphatic carbocycles. The van der Waals surface area contributed by atoms with Crippen molar-refractivity contribution in [3.63, 3.8) is 0 Å². The van der Waals surface area contributed by atoms with E-state index in [0.717, 1.165) is 12.8 Å². The third-order valence-electron chi connectivity index (χ3n) is 2.18. The van der Waals surface area contributed by atoms with Crippen LogP contribution in [0.25, 0.3) is 0 Å². The van der Waals surface area contributed by atoms with Crippen molar-refractivity contribution >= 4 is 5.91 Å². The van der Waals surface area contributed by atoms with E-state index in [-0.39, 0.29) is 11.8 Å². The molecule has 3 nitrogen and oxygen atoms in total. The normalized spacial score (nSPS) is 13.1. The Morgan fingerprint density at radius 2 is 2.14 bits per heavy atom. The molecule has 0 aromatic heterocycles. The molecule has 80 valence electrons. The maximum Gasteiger partial charge on any atom is 0.222 e. The summed E-state index contributed by atoms with van der Waals surface area (Å²) in [5, 5.41) is 11.5. The molecule has 0 aliphatic heterocycles. The van der Waals surface area contributed by atoms with Crippen LogP contribution < -0.4 is 5.32 Å². The zero-order chi connectivity index (χ0) is 11.2. The average Bonchev–Trinajstić information content (AvgIpc) is 2.15. The van der Waals surface area contributed by atoms with Crippen LogP contribution in [-0.4, -0.2) is 12.5 Å². The van der Waals surface area contributed by atoms with E-state index in [0.29, 0.717) is 6.54 Å². The summed E-state index contributed by atoms with van der Waals surface area (Å²) >= 11 is 0. The molecule has 1 unspecified atom stereocenters. The smallest absolute Gasteiger partial charge is 0.222 e. The highest BCUT2D eigenvalue weighted by Gasteiger charge is 2.19. The maximum atomic E-state index is 11.5. The van der Waals surface area contributed by atoms with E-state index in [4.69, 9.17) is 5.26 Å². The van der Waals surface area contributed by atoms with E-state index in [1.807, 2.05) is 20.8 Å². The minimum Gasteiger partial charge on any atom is -0.354 e. The number of nitriles is 1. The molecule has 14 heavy (non-hydrogen) atoms. The Hall–Kier alpha value is -1.04. The summed E-state index contributed by atoms with van der Waals surface area (Å²) in [7, 11) is 0. The minimum atomic E-state index is -0.471. The monoisotopic (exact) mass is 196 g/mol. The van der Waals surface area contributed by atoms with Gasteiger partial charge >= 0.3 is 0 Å². The van der Waals surface area contributed by atoms with Gasteiger partial charge in [-0.2, -0.15) is 5.26 Å². The molecule has 0 aromatic carbocycles. The lowest BCUT2D eigenvalue weighted by molar-refractivity contribution is -0.125. The van der Waals surface area contributed by atoms with Crippen molar-refractivity contribution in [1.82, 2.24) is 5.32 Å². The van der Waals surface area contributed by atoms with Gasteiger partial charge in [-0.25, -0.2) is 0 Å². The van der Waals surface area contributed by atoms with Crippen molar-refractivity contribution in [3.8, 4) is 6.07 Å². The van der Waals surface area contributed by atoms with Gasteiger partial charge in [-0.3, -0.25) is 4.79 Å². The molecular weight excluding hydrogens is 176 g/mol. The maximum absolute atomic E-state index is 11.5. The zero-order valence-electron chi connectivity index (χ0n) is 9.55. The quantitative estimate of drug-likeness (QED) is 0.732. The Morgan fingerprint density at radius 3 is 2.57 bits per heavy atom. The van der Waals surface area contributed by atoms with Gasteiger partial charge in [-0.05, 0) is 20.3 Å². The standard InChI is InChI=1S/C11H20N2O/c1-5-6-9(2)10(14)13-8-11(3,4)7-12/h9H,5-6,8H2,1-4H3,(H,13,14). The fraction of sp³-hybridized carbons (Fsp3) is 0.818. The second kappa shape index (κ2) is 5.64. The summed E-state index contributed by atoms with van der Waals surface area (Å²) in [6, 6.07) is 2.15. The number of hydrogen-bond donors (Lipinski definition) is 1. The molecule has 0 radical (unpaired) electrons. The van der Waals surface area contributed by atoms with Gasteiger partial charge in [0.25, 0.3) is 0 Å². The third-order valence-corrected chi connectivity index (χ3v) is 2.18. The number of nitrogens with one attached hydrogen (secondary N) is 1. The predicted octanol–water partition coefficient (Wildman–Crippen LogP) is 2.09. The summed E-state index contributed by atoms with van der Waals surface area (Å²) in [6.45, 7) is 8.03. The Kier molecular flexibility index (Phi) is 5.22. The van der Waals surface area contributed by atoms with Crippen LogP contribution in [-0.2, 0) is 4.79 Å². The van der Waals surface area contributed by atoms with Gasteiger partial charge in [0.1, 0.15) is 0 Å². The summed E-state index contributed by atoms with van der Waals surface area (Å²) < 4.78 is 0. The molecule has 3 heteroatoms. The number of nitrogens with zero attached hydrogens (tertiary/aromatic N) is 1. The van der Waals surface area contributed by atoms with Crippen molar-refractivity contribution in [1.29, 1.82) is 5.26 Å². The Morgan fingerprint density at radius 1 is 1.57 bits per heavy atom. The van der Waals surface area contributed by atoms with Crippen LogP contribution in [0, 0.1) is 22.7 Å². The van der Waals surface area contributed by atoms with Gasteiger partial charge in [-0.15, -0.1) is 0 Å². The van der Waals surface area contributed by atoms with Crippen LogP contribution in [0.5, 0.6) is 0 Å². The van der Waals surface area contributed by atoms with Gasteiger partial charge in [0.15, 0.2) is 0 Å². The van der Waals surface area contributed by atoms with Crippen molar-refractivity contribution in [2.45, 2.75) is 40.5 Å². The van der Waals surface area contributed by atoms with Crippen LogP contribution in [0.3, 0.4) is 0 Å². The number of amides is 1. The number of carbonyl (C=O) groups is 1. The SMILES string of the molecule is CCCC(C)C(=O)NCC(C)(C)C#N. The topological polar surface area (TPSA) is 52.9 Å². The predicted molar refractivity (Wildman–Crippen MR) is 56.5 cm³/mol. The van der Waals surface area contributed by atoms with Crippen LogP contribution in [0.1, 0.15) is 40.5 Å². The summed E-state index contributed by atoms with van der Waals surface area (Å²) in [4.78, 5) is 11.5. The zero-order valence-corrected chi connectivity index (χ0v) is 9.55. The van der Waals surface area contributed by atoms with E-state index in [2.05, 4.69) is 18.3 Å². The van der Waals surface area contributed by atoms with E-state index >= 15 is 0 Å². The first-order chi connectivity index (χ1) is 6.43. The Labute approximate surface area is 86.5 Å².